The smallest absolute Gasteiger partial charge is 0.129 e. The number of fused-ring (bicyclic) bond motifs is 1. The van der Waals surface area contributed by atoms with Crippen LogP contribution in [0, 0.1) is 23.7 Å². The van der Waals surface area contributed by atoms with E-state index in [1.165, 1.54) is 19.3 Å². The fraction of sp³-hybridized carbons (Fsp3) is 0.941. The number of alkyl halides is 1. The standard InChI is InChI=1S/C17H29ClN2O/c1-10(2)12-5-3-4-6-13(12)17(21)14-9-11(18)7-8-15(14)20-16(17)19/h10-15,21H,3-9H2,1-2H3,(H2,19,20). The monoisotopic (exact) mass is 312 g/mol. The molecular formula is C17H29ClN2O. The van der Waals surface area contributed by atoms with Crippen LogP contribution in [-0.2, 0) is 0 Å². The minimum atomic E-state index is -0.909. The molecule has 2 fully saturated rings. The number of nitrogens with zero attached hydrogens (tertiary/aromatic N) is 1. The van der Waals surface area contributed by atoms with Crippen LogP contribution in [0.4, 0.5) is 0 Å². The van der Waals surface area contributed by atoms with Gasteiger partial charge in [-0.05, 0) is 49.9 Å². The van der Waals surface area contributed by atoms with Crippen LogP contribution in [0.1, 0.15) is 58.8 Å². The van der Waals surface area contributed by atoms with E-state index < -0.39 is 5.60 Å². The summed E-state index contributed by atoms with van der Waals surface area (Å²) < 4.78 is 0. The van der Waals surface area contributed by atoms with Gasteiger partial charge >= 0.3 is 0 Å². The molecule has 3 nitrogen and oxygen atoms in total. The summed E-state index contributed by atoms with van der Waals surface area (Å²) >= 11 is 6.39. The Balaban J connectivity index is 1.91. The van der Waals surface area contributed by atoms with Crippen LogP contribution in [-0.4, -0.2) is 28.0 Å². The lowest BCUT2D eigenvalue weighted by Crippen LogP contribution is -2.58. The molecular weight excluding hydrogens is 284 g/mol. The van der Waals surface area contributed by atoms with Crippen molar-refractivity contribution >= 4 is 17.4 Å². The van der Waals surface area contributed by atoms with Gasteiger partial charge < -0.3 is 10.8 Å². The van der Waals surface area contributed by atoms with Crippen molar-refractivity contribution in [2.24, 2.45) is 34.4 Å². The van der Waals surface area contributed by atoms with E-state index in [2.05, 4.69) is 18.8 Å². The molecule has 0 spiro atoms. The third kappa shape index (κ3) is 2.50. The highest BCUT2D eigenvalue weighted by molar-refractivity contribution is 6.20. The lowest BCUT2D eigenvalue weighted by atomic mass is 9.60. The summed E-state index contributed by atoms with van der Waals surface area (Å²) in [4.78, 5) is 4.65. The molecule has 3 N–H and O–H groups in total. The number of hydrogen-bond donors (Lipinski definition) is 2. The van der Waals surface area contributed by atoms with E-state index >= 15 is 0 Å². The molecule has 0 aromatic heterocycles. The first kappa shape index (κ1) is 15.6. The number of aliphatic imine (C=N–C) groups is 1. The summed E-state index contributed by atoms with van der Waals surface area (Å²) in [5, 5.41) is 11.8. The van der Waals surface area contributed by atoms with Crippen LogP contribution in [0.2, 0.25) is 0 Å². The van der Waals surface area contributed by atoms with E-state index in [0.29, 0.717) is 17.7 Å². The number of aliphatic hydroxyl groups is 1. The molecule has 120 valence electrons. The molecule has 2 saturated carbocycles. The molecule has 1 aliphatic heterocycles. The zero-order valence-corrected chi connectivity index (χ0v) is 14.0. The van der Waals surface area contributed by atoms with Crippen molar-refractivity contribution in [3.8, 4) is 0 Å². The molecule has 0 bridgehead atoms. The lowest BCUT2D eigenvalue weighted by molar-refractivity contribution is -0.0605. The highest BCUT2D eigenvalue weighted by Crippen LogP contribution is 2.51. The van der Waals surface area contributed by atoms with E-state index in [1.807, 2.05) is 0 Å². The summed E-state index contributed by atoms with van der Waals surface area (Å²) in [6.07, 6.45) is 7.58. The van der Waals surface area contributed by atoms with E-state index in [1.54, 1.807) is 0 Å². The third-order valence-electron chi connectivity index (χ3n) is 6.27. The van der Waals surface area contributed by atoms with Crippen molar-refractivity contribution in [2.45, 2.75) is 75.8 Å². The van der Waals surface area contributed by atoms with Gasteiger partial charge in [-0.1, -0.05) is 26.7 Å². The maximum Gasteiger partial charge on any atom is 0.129 e. The number of halogens is 1. The largest absolute Gasteiger partial charge is 0.385 e. The Labute approximate surface area is 133 Å². The molecule has 3 rings (SSSR count). The number of nitrogens with two attached hydrogens (primary N) is 1. The van der Waals surface area contributed by atoms with Gasteiger partial charge in [0, 0.05) is 11.3 Å². The topological polar surface area (TPSA) is 58.6 Å². The van der Waals surface area contributed by atoms with Gasteiger partial charge in [-0.2, -0.15) is 0 Å². The van der Waals surface area contributed by atoms with Gasteiger partial charge in [0.2, 0.25) is 0 Å². The van der Waals surface area contributed by atoms with Crippen LogP contribution >= 0.6 is 11.6 Å². The summed E-state index contributed by atoms with van der Waals surface area (Å²) in [5.41, 5.74) is 5.36. The van der Waals surface area contributed by atoms with E-state index in [-0.39, 0.29) is 23.3 Å². The van der Waals surface area contributed by atoms with Crippen molar-refractivity contribution < 1.29 is 5.11 Å². The van der Waals surface area contributed by atoms with Gasteiger partial charge in [0.25, 0.3) is 0 Å². The Hall–Kier alpha value is -0.280. The summed E-state index contributed by atoms with van der Waals surface area (Å²) in [6, 6.07) is 0.194. The van der Waals surface area contributed by atoms with Crippen LogP contribution < -0.4 is 5.73 Å². The van der Waals surface area contributed by atoms with Crippen LogP contribution in [0.5, 0.6) is 0 Å². The zero-order valence-electron chi connectivity index (χ0n) is 13.3. The fourth-order valence-corrected chi connectivity index (χ4v) is 5.49. The van der Waals surface area contributed by atoms with E-state index in [0.717, 1.165) is 25.7 Å². The first-order valence-electron chi connectivity index (χ1n) is 8.64. The summed E-state index contributed by atoms with van der Waals surface area (Å²) in [7, 11) is 0. The van der Waals surface area contributed by atoms with Crippen molar-refractivity contribution in [1.82, 2.24) is 0 Å². The Morgan fingerprint density at radius 1 is 1.19 bits per heavy atom. The Morgan fingerprint density at radius 2 is 1.90 bits per heavy atom. The minimum Gasteiger partial charge on any atom is -0.385 e. The molecule has 0 aromatic rings. The Bertz CT molecular complexity index is 425. The number of hydrogen-bond acceptors (Lipinski definition) is 3. The second-order valence-corrected chi connectivity index (χ2v) is 8.34. The molecule has 1 heterocycles. The maximum atomic E-state index is 11.6. The first-order valence-corrected chi connectivity index (χ1v) is 9.08. The minimum absolute atomic E-state index is 0.137. The van der Waals surface area contributed by atoms with Gasteiger partial charge in [0.15, 0.2) is 0 Å². The number of amidine groups is 1. The van der Waals surface area contributed by atoms with Gasteiger partial charge in [0.1, 0.15) is 11.4 Å². The maximum absolute atomic E-state index is 11.6. The predicted octanol–water partition coefficient (Wildman–Crippen LogP) is 3.33. The molecule has 4 heteroatoms. The quantitative estimate of drug-likeness (QED) is 0.768. The van der Waals surface area contributed by atoms with Crippen LogP contribution in [0.15, 0.2) is 4.99 Å². The average Bonchev–Trinajstić information content (AvgIpc) is 2.72. The van der Waals surface area contributed by atoms with Gasteiger partial charge in [-0.15, -0.1) is 11.6 Å². The second-order valence-electron chi connectivity index (χ2n) is 7.72. The highest BCUT2D eigenvalue weighted by atomic mass is 35.5. The molecule has 0 amide bonds. The van der Waals surface area contributed by atoms with Gasteiger partial charge in [0.05, 0.1) is 6.04 Å². The summed E-state index contributed by atoms with van der Waals surface area (Å²) in [6.45, 7) is 4.55. The summed E-state index contributed by atoms with van der Waals surface area (Å²) in [5.74, 6) is 2.03. The van der Waals surface area contributed by atoms with Crippen molar-refractivity contribution in [1.29, 1.82) is 0 Å². The Morgan fingerprint density at radius 3 is 2.62 bits per heavy atom. The lowest BCUT2D eigenvalue weighted by Gasteiger charge is -2.47. The molecule has 21 heavy (non-hydrogen) atoms. The van der Waals surface area contributed by atoms with Crippen LogP contribution in [0.25, 0.3) is 0 Å². The SMILES string of the molecule is CC(C)C1CCCCC1C1(O)C(N)=NC2CCC(Cl)CC21. The van der Waals surface area contributed by atoms with Crippen molar-refractivity contribution in [3.63, 3.8) is 0 Å². The molecule has 3 aliphatic rings. The second kappa shape index (κ2) is 5.73. The molecule has 0 aromatic carbocycles. The number of rotatable bonds is 2. The Kier molecular flexibility index (Phi) is 4.26. The zero-order chi connectivity index (χ0) is 15.2. The molecule has 2 aliphatic carbocycles. The molecule has 6 unspecified atom stereocenters. The third-order valence-corrected chi connectivity index (χ3v) is 6.67. The van der Waals surface area contributed by atoms with Crippen molar-refractivity contribution in [2.75, 3.05) is 0 Å². The van der Waals surface area contributed by atoms with Gasteiger partial charge in [-0.25, -0.2) is 0 Å². The highest BCUT2D eigenvalue weighted by Gasteiger charge is 2.57. The molecule has 0 radical (unpaired) electrons. The normalized spacial score (nSPS) is 47.3. The van der Waals surface area contributed by atoms with E-state index in [4.69, 9.17) is 17.3 Å². The first-order chi connectivity index (χ1) is 9.94. The fourth-order valence-electron chi connectivity index (χ4n) is 5.17. The van der Waals surface area contributed by atoms with Crippen molar-refractivity contribution in [3.05, 3.63) is 0 Å². The van der Waals surface area contributed by atoms with Gasteiger partial charge in [-0.3, -0.25) is 4.99 Å². The average molecular weight is 313 g/mol. The molecule has 0 saturated heterocycles. The van der Waals surface area contributed by atoms with Crippen LogP contribution in [0.3, 0.4) is 0 Å². The van der Waals surface area contributed by atoms with E-state index in [9.17, 15) is 5.11 Å². The molecule has 6 atom stereocenters. The predicted molar refractivity (Wildman–Crippen MR) is 87.6 cm³/mol.